The van der Waals surface area contributed by atoms with Crippen molar-refractivity contribution in [3.05, 3.63) is 41.3 Å². The van der Waals surface area contributed by atoms with Gasteiger partial charge < -0.3 is 15.5 Å². The van der Waals surface area contributed by atoms with Gasteiger partial charge in [-0.15, -0.1) is 11.8 Å². The van der Waals surface area contributed by atoms with Gasteiger partial charge in [-0.05, 0) is 50.3 Å². The molecule has 0 aliphatic rings. The maximum Gasteiger partial charge on any atom is 0.259 e. The number of furan rings is 1. The predicted octanol–water partition coefficient (Wildman–Crippen LogP) is 4.23. The number of rotatable bonds is 5. The number of benzene rings is 1. The zero-order valence-electron chi connectivity index (χ0n) is 12.5. The lowest BCUT2D eigenvalue weighted by molar-refractivity contribution is 0.102. The van der Waals surface area contributed by atoms with Crippen molar-refractivity contribution in [1.82, 2.24) is 0 Å². The van der Waals surface area contributed by atoms with Crippen molar-refractivity contribution in [2.24, 2.45) is 0 Å². The molecule has 0 unspecified atom stereocenters. The van der Waals surface area contributed by atoms with Gasteiger partial charge in [0.2, 0.25) is 0 Å². The van der Waals surface area contributed by atoms with E-state index in [4.69, 9.17) is 10.2 Å². The molecule has 21 heavy (non-hydrogen) atoms. The highest BCUT2D eigenvalue weighted by Crippen LogP contribution is 2.28. The molecule has 3 N–H and O–H groups in total. The quantitative estimate of drug-likeness (QED) is 0.640. The Morgan fingerprint density at radius 1 is 1.33 bits per heavy atom. The molecule has 4 nitrogen and oxygen atoms in total. The molecule has 0 atom stereocenters. The average molecular weight is 304 g/mol. The van der Waals surface area contributed by atoms with Crippen molar-refractivity contribution in [2.75, 3.05) is 16.8 Å². The summed E-state index contributed by atoms with van der Waals surface area (Å²) >= 11 is 1.75. The maximum atomic E-state index is 12.3. The monoisotopic (exact) mass is 304 g/mol. The molecule has 0 radical (unpaired) electrons. The smallest absolute Gasteiger partial charge is 0.259 e. The minimum Gasteiger partial charge on any atom is -0.466 e. The zero-order chi connectivity index (χ0) is 15.4. The maximum absolute atomic E-state index is 12.3. The van der Waals surface area contributed by atoms with E-state index in [0.717, 1.165) is 22.8 Å². The Kier molecular flexibility index (Phi) is 4.96. The second kappa shape index (κ2) is 6.72. The number of carbonyl (C=O) groups is 1. The Labute approximate surface area is 129 Å². The van der Waals surface area contributed by atoms with Crippen molar-refractivity contribution in [1.29, 1.82) is 0 Å². The van der Waals surface area contributed by atoms with Crippen molar-refractivity contribution in [3.8, 4) is 0 Å². The highest BCUT2D eigenvalue weighted by atomic mass is 32.2. The number of thioether (sulfide) groups is 1. The summed E-state index contributed by atoms with van der Waals surface area (Å²) in [6.07, 6.45) is 1.10. The lowest BCUT2D eigenvalue weighted by Crippen LogP contribution is -2.13. The van der Waals surface area contributed by atoms with Gasteiger partial charge in [-0.2, -0.15) is 0 Å². The van der Waals surface area contributed by atoms with Crippen LogP contribution < -0.4 is 11.1 Å². The summed E-state index contributed by atoms with van der Waals surface area (Å²) in [7, 11) is 0. The number of hydrogen-bond acceptors (Lipinski definition) is 4. The third-order valence-corrected chi connectivity index (χ3v) is 4.23. The number of amides is 1. The van der Waals surface area contributed by atoms with Crippen LogP contribution >= 0.6 is 11.8 Å². The molecule has 1 heterocycles. The van der Waals surface area contributed by atoms with Crippen LogP contribution in [-0.2, 0) is 0 Å². The molecular formula is C16H20N2O2S. The summed E-state index contributed by atoms with van der Waals surface area (Å²) in [5, 5.41) is 2.86. The van der Waals surface area contributed by atoms with E-state index < -0.39 is 0 Å². The number of nitrogen functional groups attached to an aromatic ring is 1. The van der Waals surface area contributed by atoms with E-state index in [1.165, 1.54) is 0 Å². The average Bonchev–Trinajstić information content (AvgIpc) is 2.78. The summed E-state index contributed by atoms with van der Waals surface area (Å²) in [4.78, 5) is 13.4. The highest BCUT2D eigenvalue weighted by molar-refractivity contribution is 7.99. The van der Waals surface area contributed by atoms with Crippen molar-refractivity contribution >= 4 is 29.0 Å². The third kappa shape index (κ3) is 3.82. The Morgan fingerprint density at radius 3 is 2.71 bits per heavy atom. The fraction of sp³-hybridized carbons (Fsp3) is 0.312. The van der Waals surface area contributed by atoms with E-state index in [9.17, 15) is 4.79 Å². The number of carbonyl (C=O) groups excluding carboxylic acids is 1. The first-order valence-corrected chi connectivity index (χ1v) is 7.90. The molecule has 1 amide bonds. The van der Waals surface area contributed by atoms with Crippen LogP contribution in [0.25, 0.3) is 0 Å². The Balaban J connectivity index is 2.18. The molecule has 0 saturated carbocycles. The van der Waals surface area contributed by atoms with Gasteiger partial charge in [0.1, 0.15) is 11.5 Å². The standard InChI is InChI=1S/C16H20N2O2S/c1-4-7-21-12-5-6-14(17)15(9-12)18-16(19)13-8-10(2)20-11(13)3/h5-6,8-9H,4,7,17H2,1-3H3,(H,18,19). The largest absolute Gasteiger partial charge is 0.466 e. The third-order valence-electron chi connectivity index (χ3n) is 3.03. The molecule has 112 valence electrons. The minimum absolute atomic E-state index is 0.200. The van der Waals surface area contributed by atoms with Crippen LogP contribution in [0.1, 0.15) is 35.2 Å². The van der Waals surface area contributed by atoms with Gasteiger partial charge in [0.25, 0.3) is 5.91 Å². The Bertz CT molecular complexity index is 650. The molecule has 2 aromatic rings. The van der Waals surface area contributed by atoms with Crippen LogP contribution in [0, 0.1) is 13.8 Å². The molecule has 0 spiro atoms. The van der Waals surface area contributed by atoms with E-state index in [-0.39, 0.29) is 5.91 Å². The first-order chi connectivity index (χ1) is 10.0. The molecule has 0 aliphatic heterocycles. The lowest BCUT2D eigenvalue weighted by Gasteiger charge is -2.10. The zero-order valence-corrected chi connectivity index (χ0v) is 13.3. The van der Waals surface area contributed by atoms with Gasteiger partial charge in [0, 0.05) is 4.90 Å². The minimum atomic E-state index is -0.200. The molecule has 0 fully saturated rings. The first-order valence-electron chi connectivity index (χ1n) is 6.92. The van der Waals surface area contributed by atoms with Crippen molar-refractivity contribution < 1.29 is 9.21 Å². The van der Waals surface area contributed by atoms with Gasteiger partial charge >= 0.3 is 0 Å². The van der Waals surface area contributed by atoms with E-state index in [2.05, 4.69) is 12.2 Å². The molecule has 2 rings (SSSR count). The summed E-state index contributed by atoms with van der Waals surface area (Å²) in [6, 6.07) is 7.44. The summed E-state index contributed by atoms with van der Waals surface area (Å²) in [5.41, 5.74) is 7.68. The summed E-state index contributed by atoms with van der Waals surface area (Å²) < 4.78 is 5.38. The molecule has 0 bridgehead atoms. The highest BCUT2D eigenvalue weighted by Gasteiger charge is 2.14. The van der Waals surface area contributed by atoms with Gasteiger partial charge in [-0.25, -0.2) is 0 Å². The molecule has 1 aromatic carbocycles. The lowest BCUT2D eigenvalue weighted by atomic mass is 10.2. The summed E-state index contributed by atoms with van der Waals surface area (Å²) in [6.45, 7) is 5.73. The van der Waals surface area contributed by atoms with E-state index in [1.54, 1.807) is 24.8 Å². The molecular weight excluding hydrogens is 284 g/mol. The van der Waals surface area contributed by atoms with Gasteiger partial charge in [-0.3, -0.25) is 4.79 Å². The molecule has 0 saturated heterocycles. The first kappa shape index (κ1) is 15.5. The molecule has 5 heteroatoms. The number of hydrogen-bond donors (Lipinski definition) is 2. The van der Waals surface area contributed by atoms with Crippen molar-refractivity contribution in [3.63, 3.8) is 0 Å². The van der Waals surface area contributed by atoms with Gasteiger partial charge in [0.15, 0.2) is 0 Å². The Hall–Kier alpha value is -1.88. The van der Waals surface area contributed by atoms with Crippen LogP contribution in [0.2, 0.25) is 0 Å². The number of anilines is 2. The van der Waals surface area contributed by atoms with Crippen molar-refractivity contribution in [2.45, 2.75) is 32.1 Å². The van der Waals surface area contributed by atoms with Crippen LogP contribution in [0.4, 0.5) is 11.4 Å². The van der Waals surface area contributed by atoms with Crippen LogP contribution in [0.5, 0.6) is 0 Å². The van der Waals surface area contributed by atoms with Crippen LogP contribution in [0.3, 0.4) is 0 Å². The SMILES string of the molecule is CCCSc1ccc(N)c(NC(=O)c2cc(C)oc2C)c1. The predicted molar refractivity (Wildman–Crippen MR) is 88.0 cm³/mol. The fourth-order valence-corrected chi connectivity index (χ4v) is 2.80. The van der Waals surface area contributed by atoms with E-state index in [0.29, 0.717) is 22.7 Å². The Morgan fingerprint density at radius 2 is 2.10 bits per heavy atom. The molecule has 0 aliphatic carbocycles. The van der Waals surface area contributed by atoms with E-state index in [1.807, 2.05) is 25.1 Å². The van der Waals surface area contributed by atoms with Crippen LogP contribution in [0.15, 0.2) is 33.6 Å². The van der Waals surface area contributed by atoms with Crippen LogP contribution in [-0.4, -0.2) is 11.7 Å². The number of nitrogens with two attached hydrogens (primary N) is 1. The normalized spacial score (nSPS) is 10.6. The van der Waals surface area contributed by atoms with Gasteiger partial charge in [-0.1, -0.05) is 6.92 Å². The molecule has 1 aromatic heterocycles. The number of aryl methyl sites for hydroxylation is 2. The second-order valence-electron chi connectivity index (χ2n) is 4.88. The fourth-order valence-electron chi connectivity index (χ4n) is 2.00. The van der Waals surface area contributed by atoms with E-state index >= 15 is 0 Å². The topological polar surface area (TPSA) is 68.3 Å². The number of nitrogens with one attached hydrogen (secondary N) is 1. The summed E-state index contributed by atoms with van der Waals surface area (Å²) in [5.74, 6) is 2.17. The second-order valence-corrected chi connectivity index (χ2v) is 6.05. The van der Waals surface area contributed by atoms with Gasteiger partial charge in [0.05, 0.1) is 16.9 Å².